The summed E-state index contributed by atoms with van der Waals surface area (Å²) in [6.45, 7) is -1.69. The Morgan fingerprint density at radius 1 is 1.50 bits per heavy atom. The molecule has 1 aromatic carbocycles. The molecule has 0 atom stereocenters. The quantitative estimate of drug-likeness (QED) is 0.846. The van der Waals surface area contributed by atoms with E-state index in [1.165, 1.54) is 6.92 Å². The third-order valence-corrected chi connectivity index (χ3v) is 1.72. The lowest BCUT2D eigenvalue weighted by molar-refractivity contribution is -0.0502. The van der Waals surface area contributed by atoms with Crippen LogP contribution in [0, 0.1) is 12.7 Å². The van der Waals surface area contributed by atoms with Crippen LogP contribution in [0.4, 0.5) is 23.7 Å². The molecule has 16 heavy (non-hydrogen) atoms. The summed E-state index contributed by atoms with van der Waals surface area (Å²) >= 11 is 0. The van der Waals surface area contributed by atoms with Crippen molar-refractivity contribution >= 4 is 11.8 Å². The number of halogens is 3. The van der Waals surface area contributed by atoms with Gasteiger partial charge in [-0.05, 0) is 18.6 Å². The van der Waals surface area contributed by atoms with Crippen LogP contribution >= 0.6 is 0 Å². The molecule has 0 aliphatic carbocycles. The number of benzene rings is 1. The van der Waals surface area contributed by atoms with Gasteiger partial charge in [0.2, 0.25) is 0 Å². The second-order valence-electron chi connectivity index (χ2n) is 2.91. The summed E-state index contributed by atoms with van der Waals surface area (Å²) in [6, 6.07) is 1.77. The van der Waals surface area contributed by atoms with Crippen LogP contribution in [0.5, 0.6) is 5.75 Å². The van der Waals surface area contributed by atoms with Crippen LogP contribution in [0.2, 0.25) is 0 Å². The van der Waals surface area contributed by atoms with Gasteiger partial charge in [0, 0.05) is 6.07 Å². The molecule has 0 saturated heterocycles. The van der Waals surface area contributed by atoms with Crippen molar-refractivity contribution in [3.8, 4) is 5.75 Å². The van der Waals surface area contributed by atoms with Gasteiger partial charge in [0.05, 0.1) is 5.69 Å². The van der Waals surface area contributed by atoms with E-state index >= 15 is 0 Å². The average Bonchev–Trinajstić information content (AvgIpc) is 2.11. The highest BCUT2D eigenvalue weighted by molar-refractivity contribution is 5.83. The van der Waals surface area contributed by atoms with E-state index in [0.29, 0.717) is 0 Å². The van der Waals surface area contributed by atoms with Gasteiger partial charge in [0.25, 0.3) is 0 Å². The van der Waals surface area contributed by atoms with E-state index in [4.69, 9.17) is 5.11 Å². The lowest BCUT2D eigenvalue weighted by Gasteiger charge is -2.10. The lowest BCUT2D eigenvalue weighted by atomic mass is 10.2. The molecule has 0 bridgehead atoms. The Morgan fingerprint density at radius 2 is 2.12 bits per heavy atom. The molecule has 0 spiro atoms. The number of alkyl halides is 2. The van der Waals surface area contributed by atoms with Gasteiger partial charge in [0.15, 0.2) is 0 Å². The highest BCUT2D eigenvalue weighted by atomic mass is 19.3. The minimum atomic E-state index is -3.05. The summed E-state index contributed by atoms with van der Waals surface area (Å²) in [7, 11) is 0. The first-order chi connectivity index (χ1) is 7.40. The first-order valence-corrected chi connectivity index (χ1v) is 4.15. The molecule has 88 valence electrons. The molecule has 0 saturated carbocycles. The third-order valence-electron chi connectivity index (χ3n) is 1.72. The van der Waals surface area contributed by atoms with Gasteiger partial charge in [-0.15, -0.1) is 0 Å². The van der Waals surface area contributed by atoms with Crippen molar-refractivity contribution in [1.82, 2.24) is 0 Å². The Hall–Kier alpha value is -1.92. The number of aryl methyl sites for hydroxylation is 1. The molecule has 4 nitrogen and oxygen atoms in total. The van der Waals surface area contributed by atoms with E-state index in [1.807, 2.05) is 0 Å². The van der Waals surface area contributed by atoms with E-state index in [-0.39, 0.29) is 11.3 Å². The Labute approximate surface area is 88.6 Å². The van der Waals surface area contributed by atoms with Gasteiger partial charge in [0.1, 0.15) is 11.6 Å². The van der Waals surface area contributed by atoms with E-state index in [2.05, 4.69) is 4.74 Å². The molecular formula is C9H8F3NO3. The summed E-state index contributed by atoms with van der Waals surface area (Å²) in [5.74, 6) is -1.14. The lowest BCUT2D eigenvalue weighted by Crippen LogP contribution is -2.10. The van der Waals surface area contributed by atoms with Gasteiger partial charge in [-0.2, -0.15) is 8.78 Å². The van der Waals surface area contributed by atoms with Crippen LogP contribution in [0.25, 0.3) is 0 Å². The first-order valence-electron chi connectivity index (χ1n) is 4.15. The molecule has 7 heteroatoms. The minimum Gasteiger partial charge on any atom is -0.465 e. The molecule has 1 amide bonds. The molecule has 0 heterocycles. The molecule has 0 unspecified atom stereocenters. The molecule has 0 radical (unpaired) electrons. The van der Waals surface area contributed by atoms with Gasteiger partial charge in [-0.25, -0.2) is 9.18 Å². The largest absolute Gasteiger partial charge is 0.465 e. The van der Waals surface area contributed by atoms with Crippen LogP contribution in [0.15, 0.2) is 12.1 Å². The first kappa shape index (κ1) is 12.2. The van der Waals surface area contributed by atoms with Crippen molar-refractivity contribution in [2.45, 2.75) is 13.5 Å². The maximum Gasteiger partial charge on any atom is 0.409 e. The van der Waals surface area contributed by atoms with Crippen LogP contribution < -0.4 is 10.1 Å². The van der Waals surface area contributed by atoms with Crippen molar-refractivity contribution in [3.63, 3.8) is 0 Å². The Morgan fingerprint density at radius 3 is 2.62 bits per heavy atom. The van der Waals surface area contributed by atoms with Crippen LogP contribution in [-0.4, -0.2) is 17.8 Å². The monoisotopic (exact) mass is 235 g/mol. The number of rotatable bonds is 3. The van der Waals surface area contributed by atoms with Crippen molar-refractivity contribution in [1.29, 1.82) is 0 Å². The summed E-state index contributed by atoms with van der Waals surface area (Å²) in [5, 5.41) is 10.1. The fraction of sp³-hybridized carbons (Fsp3) is 0.222. The fourth-order valence-corrected chi connectivity index (χ4v) is 1.09. The highest BCUT2D eigenvalue weighted by Gasteiger charge is 2.13. The molecule has 0 aliphatic heterocycles. The minimum absolute atomic E-state index is 0.147. The van der Waals surface area contributed by atoms with E-state index in [9.17, 15) is 18.0 Å². The highest BCUT2D eigenvalue weighted by Crippen LogP contribution is 2.27. The summed E-state index contributed by atoms with van der Waals surface area (Å²) in [6.07, 6.45) is -1.49. The van der Waals surface area contributed by atoms with E-state index < -0.39 is 24.2 Å². The zero-order valence-corrected chi connectivity index (χ0v) is 8.13. The number of nitrogens with one attached hydrogen (secondary N) is 1. The van der Waals surface area contributed by atoms with Gasteiger partial charge < -0.3 is 9.84 Å². The van der Waals surface area contributed by atoms with Crippen molar-refractivity contribution < 1.29 is 27.8 Å². The molecule has 0 aliphatic rings. The number of carbonyl (C=O) groups is 1. The Balaban J connectivity index is 3.05. The van der Waals surface area contributed by atoms with E-state index in [0.717, 1.165) is 12.1 Å². The van der Waals surface area contributed by atoms with Gasteiger partial charge in [-0.1, -0.05) is 0 Å². The molecule has 1 aromatic rings. The standard InChI is InChI=1S/C9H8F3NO3/c1-4-2-5(10)6(13-9(14)15)3-7(4)16-8(11)12/h2-3,8,13H,1H3,(H,14,15). The predicted molar refractivity (Wildman–Crippen MR) is 49.4 cm³/mol. The Kier molecular flexibility index (Phi) is 3.60. The number of hydrogen-bond donors (Lipinski definition) is 2. The van der Waals surface area contributed by atoms with Crippen molar-refractivity contribution in [3.05, 3.63) is 23.5 Å². The zero-order valence-electron chi connectivity index (χ0n) is 8.13. The average molecular weight is 235 g/mol. The van der Waals surface area contributed by atoms with Crippen LogP contribution in [-0.2, 0) is 0 Å². The van der Waals surface area contributed by atoms with Crippen molar-refractivity contribution in [2.75, 3.05) is 5.32 Å². The number of anilines is 1. The third kappa shape index (κ3) is 3.04. The van der Waals surface area contributed by atoms with Gasteiger partial charge >= 0.3 is 12.7 Å². The molecule has 0 fully saturated rings. The number of hydrogen-bond acceptors (Lipinski definition) is 2. The number of ether oxygens (including phenoxy) is 1. The maximum atomic E-state index is 13.2. The molecule has 1 rings (SSSR count). The smallest absolute Gasteiger partial charge is 0.409 e. The fourth-order valence-electron chi connectivity index (χ4n) is 1.09. The normalized spacial score (nSPS) is 10.3. The summed E-state index contributed by atoms with van der Waals surface area (Å²) < 4.78 is 41.1. The molecular weight excluding hydrogens is 227 g/mol. The van der Waals surface area contributed by atoms with Crippen LogP contribution in [0.1, 0.15) is 5.56 Å². The molecule has 2 N–H and O–H groups in total. The SMILES string of the molecule is Cc1cc(F)c(NC(=O)O)cc1OC(F)F. The van der Waals surface area contributed by atoms with E-state index in [1.54, 1.807) is 5.32 Å². The van der Waals surface area contributed by atoms with Gasteiger partial charge in [-0.3, -0.25) is 5.32 Å². The van der Waals surface area contributed by atoms with Crippen LogP contribution in [0.3, 0.4) is 0 Å². The number of carboxylic acid groups (broad SMARTS) is 1. The molecule has 0 aromatic heterocycles. The maximum absolute atomic E-state index is 13.2. The summed E-state index contributed by atoms with van der Waals surface area (Å²) in [4.78, 5) is 10.3. The number of amides is 1. The predicted octanol–water partition coefficient (Wildman–Crippen LogP) is 2.83. The zero-order chi connectivity index (χ0) is 12.3. The second kappa shape index (κ2) is 4.73. The van der Waals surface area contributed by atoms with Crippen molar-refractivity contribution in [2.24, 2.45) is 0 Å². The second-order valence-corrected chi connectivity index (χ2v) is 2.91. The summed E-state index contributed by atoms with van der Waals surface area (Å²) in [5.41, 5.74) is -0.289. The topological polar surface area (TPSA) is 58.6 Å². The Bertz CT molecular complexity index is 409.